The summed E-state index contributed by atoms with van der Waals surface area (Å²) >= 11 is 1.52. The molecule has 4 aromatic rings. The Labute approximate surface area is 159 Å². The van der Waals surface area contributed by atoms with Gasteiger partial charge < -0.3 is 19.6 Å². The van der Waals surface area contributed by atoms with E-state index >= 15 is 0 Å². The molecule has 1 unspecified atom stereocenters. The molecule has 1 aromatic carbocycles. The van der Waals surface area contributed by atoms with Gasteiger partial charge in [-0.25, -0.2) is 14.8 Å². The number of hydrogen-bond acceptors (Lipinski definition) is 5. The summed E-state index contributed by atoms with van der Waals surface area (Å²) in [6.45, 7) is 0.994. The number of imidazole rings is 1. The molecule has 0 bridgehead atoms. The van der Waals surface area contributed by atoms with Crippen LogP contribution in [0.3, 0.4) is 0 Å². The summed E-state index contributed by atoms with van der Waals surface area (Å²) in [5.74, 6) is 0.716. The van der Waals surface area contributed by atoms with E-state index in [9.17, 15) is 4.79 Å². The Morgan fingerprint density at radius 2 is 2.30 bits per heavy atom. The van der Waals surface area contributed by atoms with Crippen LogP contribution >= 0.6 is 11.3 Å². The first-order valence-corrected chi connectivity index (χ1v) is 9.61. The summed E-state index contributed by atoms with van der Waals surface area (Å²) in [6, 6.07) is 9.33. The fourth-order valence-electron chi connectivity index (χ4n) is 3.51. The number of carbonyl (C=O) groups is 1. The number of amides is 2. The fourth-order valence-corrected chi connectivity index (χ4v) is 4.07. The van der Waals surface area contributed by atoms with Crippen molar-refractivity contribution in [2.24, 2.45) is 0 Å². The molecule has 0 saturated heterocycles. The van der Waals surface area contributed by atoms with Crippen LogP contribution in [0.1, 0.15) is 28.2 Å². The molecule has 136 valence electrons. The summed E-state index contributed by atoms with van der Waals surface area (Å²) < 4.78 is 6.08. The van der Waals surface area contributed by atoms with Crippen molar-refractivity contribution in [3.63, 3.8) is 0 Å². The van der Waals surface area contributed by atoms with Crippen LogP contribution in [0.25, 0.3) is 11.0 Å². The van der Waals surface area contributed by atoms with Crippen molar-refractivity contribution < 1.29 is 9.21 Å². The molecule has 2 amide bonds. The summed E-state index contributed by atoms with van der Waals surface area (Å²) in [6.07, 6.45) is 4.15. The number of furan rings is 1. The highest BCUT2D eigenvalue weighted by Crippen LogP contribution is 2.36. The van der Waals surface area contributed by atoms with Gasteiger partial charge in [0.1, 0.15) is 22.4 Å². The first kappa shape index (κ1) is 16.1. The van der Waals surface area contributed by atoms with Gasteiger partial charge in [0.15, 0.2) is 0 Å². The molecule has 8 heteroatoms. The lowest BCUT2D eigenvalue weighted by Crippen LogP contribution is -2.45. The largest absolute Gasteiger partial charge is 0.458 e. The first-order chi connectivity index (χ1) is 13.3. The molecule has 4 heterocycles. The van der Waals surface area contributed by atoms with Crippen LogP contribution in [0.15, 0.2) is 52.7 Å². The molecule has 2 N–H and O–H groups in total. The van der Waals surface area contributed by atoms with Gasteiger partial charge in [-0.15, -0.1) is 11.3 Å². The van der Waals surface area contributed by atoms with Gasteiger partial charge >= 0.3 is 6.03 Å². The lowest BCUT2D eigenvalue weighted by Gasteiger charge is -2.33. The number of benzene rings is 1. The topological polar surface area (TPSA) is 87.0 Å². The van der Waals surface area contributed by atoms with E-state index in [0.717, 1.165) is 33.8 Å². The third-order valence-electron chi connectivity index (χ3n) is 4.77. The van der Waals surface area contributed by atoms with Gasteiger partial charge in [0, 0.05) is 35.6 Å². The second-order valence-corrected chi connectivity index (χ2v) is 7.36. The Kier molecular flexibility index (Phi) is 3.90. The summed E-state index contributed by atoms with van der Waals surface area (Å²) in [5, 5.41) is 6.75. The van der Waals surface area contributed by atoms with E-state index in [1.807, 2.05) is 35.7 Å². The normalized spacial score (nSPS) is 16.4. The van der Waals surface area contributed by atoms with Gasteiger partial charge in [-0.3, -0.25) is 0 Å². The zero-order chi connectivity index (χ0) is 18.2. The van der Waals surface area contributed by atoms with Crippen molar-refractivity contribution in [3.8, 4) is 0 Å². The maximum atomic E-state index is 12.9. The van der Waals surface area contributed by atoms with Crippen LogP contribution in [-0.2, 0) is 13.0 Å². The number of nitrogens with zero attached hydrogens (tertiary/aromatic N) is 3. The number of H-pyrrole nitrogens is 1. The zero-order valence-corrected chi connectivity index (χ0v) is 15.2. The molecule has 1 atom stereocenters. The van der Waals surface area contributed by atoms with E-state index in [0.29, 0.717) is 18.8 Å². The molecule has 0 saturated carbocycles. The summed E-state index contributed by atoms with van der Waals surface area (Å²) in [5.41, 5.74) is 2.69. The van der Waals surface area contributed by atoms with Gasteiger partial charge in [0.2, 0.25) is 0 Å². The van der Waals surface area contributed by atoms with E-state index in [1.165, 1.54) is 11.3 Å². The van der Waals surface area contributed by atoms with Crippen molar-refractivity contribution in [1.82, 2.24) is 25.2 Å². The number of aromatic nitrogens is 3. The number of hydrogen-bond donors (Lipinski definition) is 2. The van der Waals surface area contributed by atoms with Gasteiger partial charge in [0.25, 0.3) is 0 Å². The zero-order valence-electron chi connectivity index (χ0n) is 14.4. The molecule has 5 rings (SSSR count). The predicted octanol–water partition coefficient (Wildman–Crippen LogP) is 3.47. The molecular weight excluding hydrogens is 362 g/mol. The lowest BCUT2D eigenvalue weighted by molar-refractivity contribution is 0.171. The third-order valence-corrected chi connectivity index (χ3v) is 5.55. The number of para-hydroxylation sites is 1. The van der Waals surface area contributed by atoms with E-state index in [-0.39, 0.29) is 12.1 Å². The SMILES string of the molecule is O=C(NCc1nccs1)N1CCc2[nH]cnc2C1c1cc2ccccc2o1. The number of carbonyl (C=O) groups excluding carboxylic acids is 1. The van der Waals surface area contributed by atoms with Gasteiger partial charge in [-0.2, -0.15) is 0 Å². The molecule has 7 nitrogen and oxygen atoms in total. The minimum absolute atomic E-state index is 0.149. The van der Waals surface area contributed by atoms with Crippen molar-refractivity contribution in [2.75, 3.05) is 6.54 Å². The van der Waals surface area contributed by atoms with Crippen LogP contribution in [-0.4, -0.2) is 32.4 Å². The Morgan fingerprint density at radius 3 is 3.15 bits per heavy atom. The van der Waals surface area contributed by atoms with E-state index < -0.39 is 0 Å². The molecular formula is C19H17N5O2S. The number of thiazole rings is 1. The highest BCUT2D eigenvalue weighted by Gasteiger charge is 2.36. The highest BCUT2D eigenvalue weighted by atomic mass is 32.1. The predicted molar refractivity (Wildman–Crippen MR) is 101 cm³/mol. The molecule has 1 aliphatic rings. The van der Waals surface area contributed by atoms with Crippen LogP contribution in [0.2, 0.25) is 0 Å². The van der Waals surface area contributed by atoms with Crippen LogP contribution < -0.4 is 5.32 Å². The standard InChI is InChI=1S/C19H17N5O2S/c25-19(21-10-16-20-6-8-27-16)24-7-5-13-17(23-11-22-13)18(24)15-9-12-3-1-2-4-14(12)26-15/h1-4,6,8-9,11,18H,5,7,10H2,(H,21,25)(H,22,23). The second-order valence-electron chi connectivity index (χ2n) is 6.38. The minimum atomic E-state index is -0.358. The molecule has 0 spiro atoms. The van der Waals surface area contributed by atoms with Crippen LogP contribution in [0.5, 0.6) is 0 Å². The van der Waals surface area contributed by atoms with Crippen molar-refractivity contribution in [2.45, 2.75) is 19.0 Å². The number of nitrogens with one attached hydrogen (secondary N) is 2. The van der Waals surface area contributed by atoms with Gasteiger partial charge in [0.05, 0.1) is 18.6 Å². The Hall–Kier alpha value is -3.13. The van der Waals surface area contributed by atoms with Crippen molar-refractivity contribution in [1.29, 1.82) is 0 Å². The summed E-state index contributed by atoms with van der Waals surface area (Å²) in [7, 11) is 0. The molecule has 0 radical (unpaired) electrons. The number of rotatable bonds is 3. The molecule has 0 aliphatic carbocycles. The highest BCUT2D eigenvalue weighted by molar-refractivity contribution is 7.09. The molecule has 1 aliphatic heterocycles. The third kappa shape index (κ3) is 2.87. The van der Waals surface area contributed by atoms with Crippen molar-refractivity contribution in [3.05, 3.63) is 70.4 Å². The van der Waals surface area contributed by atoms with E-state index in [1.54, 1.807) is 17.4 Å². The maximum Gasteiger partial charge on any atom is 0.318 e. The lowest BCUT2D eigenvalue weighted by atomic mass is 10.0. The van der Waals surface area contributed by atoms with Crippen LogP contribution in [0.4, 0.5) is 4.79 Å². The smallest absolute Gasteiger partial charge is 0.318 e. The number of urea groups is 1. The molecule has 3 aromatic heterocycles. The minimum Gasteiger partial charge on any atom is -0.458 e. The Balaban J connectivity index is 1.49. The Morgan fingerprint density at radius 1 is 1.37 bits per heavy atom. The number of aromatic amines is 1. The van der Waals surface area contributed by atoms with Gasteiger partial charge in [-0.05, 0) is 12.1 Å². The molecule has 0 fully saturated rings. The monoisotopic (exact) mass is 379 g/mol. The Bertz CT molecular complexity index is 1050. The maximum absolute atomic E-state index is 12.9. The van der Waals surface area contributed by atoms with E-state index in [2.05, 4.69) is 20.3 Å². The summed E-state index contributed by atoms with van der Waals surface area (Å²) in [4.78, 5) is 26.6. The first-order valence-electron chi connectivity index (χ1n) is 8.73. The average molecular weight is 379 g/mol. The number of fused-ring (bicyclic) bond motifs is 2. The fraction of sp³-hybridized carbons (Fsp3) is 0.211. The van der Waals surface area contributed by atoms with Gasteiger partial charge in [-0.1, -0.05) is 18.2 Å². The van der Waals surface area contributed by atoms with E-state index in [4.69, 9.17) is 4.42 Å². The van der Waals surface area contributed by atoms with Crippen LogP contribution in [0, 0.1) is 0 Å². The second kappa shape index (κ2) is 6.55. The average Bonchev–Trinajstić information content (AvgIpc) is 3.45. The quantitative estimate of drug-likeness (QED) is 0.571. The molecule has 27 heavy (non-hydrogen) atoms. The van der Waals surface area contributed by atoms with Crippen molar-refractivity contribution >= 4 is 28.3 Å².